The summed E-state index contributed by atoms with van der Waals surface area (Å²) in [6, 6.07) is 13.3. The van der Waals surface area contributed by atoms with Crippen molar-refractivity contribution >= 4 is 17.6 Å². The number of rotatable bonds is 6. The first-order valence-electron chi connectivity index (χ1n) is 11.1. The molecule has 0 aliphatic carbocycles. The molecule has 2 fully saturated rings. The fourth-order valence-corrected chi connectivity index (χ4v) is 4.17. The fraction of sp³-hybridized carbons (Fsp3) is 0.458. The van der Waals surface area contributed by atoms with Crippen LogP contribution in [0.3, 0.4) is 0 Å². The van der Waals surface area contributed by atoms with Crippen molar-refractivity contribution in [1.29, 1.82) is 0 Å². The van der Waals surface area contributed by atoms with E-state index in [1.807, 2.05) is 52.3 Å². The van der Waals surface area contributed by atoms with Crippen LogP contribution in [0.5, 0.6) is 5.75 Å². The Hall–Kier alpha value is -3.13. The second-order valence-electron chi connectivity index (χ2n) is 8.12. The summed E-state index contributed by atoms with van der Waals surface area (Å²) >= 11 is 0. The molecular formula is C24H30N4O4. The minimum absolute atomic E-state index is 0.0229. The van der Waals surface area contributed by atoms with Crippen molar-refractivity contribution in [3.63, 3.8) is 0 Å². The first kappa shape index (κ1) is 22.1. The lowest BCUT2D eigenvalue weighted by Crippen LogP contribution is -2.49. The van der Waals surface area contributed by atoms with Crippen molar-refractivity contribution in [2.75, 3.05) is 57.9 Å². The average Bonchev–Trinajstić information content (AvgIpc) is 2.85. The predicted molar refractivity (Wildman–Crippen MR) is 121 cm³/mol. The quantitative estimate of drug-likeness (QED) is 0.687. The van der Waals surface area contributed by atoms with Crippen LogP contribution in [0.2, 0.25) is 0 Å². The van der Waals surface area contributed by atoms with Crippen LogP contribution >= 0.6 is 0 Å². The molecule has 0 bridgehead atoms. The zero-order valence-corrected chi connectivity index (χ0v) is 18.5. The highest BCUT2D eigenvalue weighted by atomic mass is 16.5. The molecular weight excluding hydrogens is 408 g/mol. The lowest BCUT2D eigenvalue weighted by molar-refractivity contribution is -0.136. The highest BCUT2D eigenvalue weighted by Gasteiger charge is 2.25. The minimum atomic E-state index is 0.0229. The maximum Gasteiger partial charge on any atom is 0.253 e. The van der Waals surface area contributed by atoms with Gasteiger partial charge in [0.15, 0.2) is 0 Å². The fourth-order valence-electron chi connectivity index (χ4n) is 4.17. The summed E-state index contributed by atoms with van der Waals surface area (Å²) in [5.41, 5.74) is 0.670. The van der Waals surface area contributed by atoms with Gasteiger partial charge in [0.25, 0.3) is 5.91 Å². The molecule has 2 aliphatic rings. The number of benzene rings is 1. The molecule has 3 heterocycles. The number of carbonyl (C=O) groups excluding carboxylic acids is 2. The first-order chi connectivity index (χ1) is 15.6. The number of aromatic nitrogens is 1. The van der Waals surface area contributed by atoms with Gasteiger partial charge in [-0.3, -0.25) is 9.59 Å². The molecule has 1 aromatic carbocycles. The number of methoxy groups -OCH3 is 1. The normalized spacial score (nSPS) is 17.3. The Bertz CT molecular complexity index is 890. The van der Waals surface area contributed by atoms with Crippen molar-refractivity contribution in [1.82, 2.24) is 14.8 Å². The molecule has 2 aromatic rings. The Kier molecular flexibility index (Phi) is 7.21. The molecule has 8 nitrogen and oxygen atoms in total. The summed E-state index contributed by atoms with van der Waals surface area (Å²) < 4.78 is 11.0. The molecule has 32 heavy (non-hydrogen) atoms. The van der Waals surface area contributed by atoms with Crippen LogP contribution in [0.4, 0.5) is 5.82 Å². The molecule has 8 heteroatoms. The van der Waals surface area contributed by atoms with Gasteiger partial charge in [0, 0.05) is 71.0 Å². The van der Waals surface area contributed by atoms with Gasteiger partial charge < -0.3 is 24.2 Å². The van der Waals surface area contributed by atoms with Gasteiger partial charge in [0.1, 0.15) is 24.3 Å². The number of ether oxygens (including phenoxy) is 2. The van der Waals surface area contributed by atoms with Crippen LogP contribution < -0.4 is 9.64 Å². The van der Waals surface area contributed by atoms with Crippen molar-refractivity contribution < 1.29 is 19.1 Å². The Morgan fingerprint density at radius 1 is 0.938 bits per heavy atom. The van der Waals surface area contributed by atoms with Crippen LogP contribution in [0, 0.1) is 0 Å². The van der Waals surface area contributed by atoms with E-state index in [-0.39, 0.29) is 24.5 Å². The van der Waals surface area contributed by atoms with E-state index in [0.717, 1.165) is 37.5 Å². The molecule has 0 N–H and O–H groups in total. The van der Waals surface area contributed by atoms with E-state index >= 15 is 0 Å². The van der Waals surface area contributed by atoms with Gasteiger partial charge in [-0.1, -0.05) is 6.07 Å². The molecule has 2 aliphatic heterocycles. The van der Waals surface area contributed by atoms with Gasteiger partial charge in [-0.15, -0.1) is 0 Å². The number of hydrogen-bond donors (Lipinski definition) is 0. The number of hydrogen-bond acceptors (Lipinski definition) is 6. The number of piperazine rings is 1. The number of amides is 2. The van der Waals surface area contributed by atoms with E-state index in [4.69, 9.17) is 9.47 Å². The summed E-state index contributed by atoms with van der Waals surface area (Å²) in [7, 11) is 1.53. The smallest absolute Gasteiger partial charge is 0.253 e. The van der Waals surface area contributed by atoms with Gasteiger partial charge >= 0.3 is 0 Å². The molecule has 0 spiro atoms. The minimum Gasteiger partial charge on any atom is -0.490 e. The third-order valence-electron chi connectivity index (χ3n) is 6.01. The number of piperidine rings is 1. The van der Waals surface area contributed by atoms with Crippen molar-refractivity contribution in [3.05, 3.63) is 54.2 Å². The highest BCUT2D eigenvalue weighted by Crippen LogP contribution is 2.21. The largest absolute Gasteiger partial charge is 0.490 e. The van der Waals surface area contributed by atoms with E-state index in [1.165, 1.54) is 7.11 Å². The second-order valence-corrected chi connectivity index (χ2v) is 8.12. The Balaban J connectivity index is 1.25. The number of pyridine rings is 1. The van der Waals surface area contributed by atoms with E-state index < -0.39 is 0 Å². The lowest BCUT2D eigenvalue weighted by atomic mass is 10.1. The molecule has 0 atom stereocenters. The third-order valence-corrected chi connectivity index (χ3v) is 6.01. The number of anilines is 1. The monoisotopic (exact) mass is 438 g/mol. The molecule has 170 valence electrons. The van der Waals surface area contributed by atoms with Crippen molar-refractivity contribution in [2.24, 2.45) is 0 Å². The van der Waals surface area contributed by atoms with Crippen LogP contribution in [0.15, 0.2) is 48.7 Å². The summed E-state index contributed by atoms with van der Waals surface area (Å²) in [6.45, 7) is 4.37. The topological polar surface area (TPSA) is 75.2 Å². The zero-order valence-electron chi connectivity index (χ0n) is 18.5. The van der Waals surface area contributed by atoms with E-state index in [0.29, 0.717) is 31.7 Å². The third kappa shape index (κ3) is 5.37. The van der Waals surface area contributed by atoms with E-state index in [9.17, 15) is 9.59 Å². The van der Waals surface area contributed by atoms with Crippen molar-refractivity contribution in [3.8, 4) is 5.75 Å². The maximum absolute atomic E-state index is 12.9. The molecule has 2 amide bonds. The molecule has 4 rings (SSSR count). The molecule has 0 saturated carbocycles. The summed E-state index contributed by atoms with van der Waals surface area (Å²) in [6.07, 6.45) is 3.44. The number of likely N-dealkylation sites (tertiary alicyclic amines) is 1. The van der Waals surface area contributed by atoms with E-state index in [1.54, 1.807) is 6.20 Å². The second kappa shape index (κ2) is 10.5. The van der Waals surface area contributed by atoms with Gasteiger partial charge in [0.05, 0.1) is 0 Å². The Labute approximate surface area is 188 Å². The van der Waals surface area contributed by atoms with Crippen LogP contribution in [0.1, 0.15) is 23.2 Å². The van der Waals surface area contributed by atoms with Gasteiger partial charge in [-0.05, 0) is 36.4 Å². The average molecular weight is 439 g/mol. The predicted octanol–water partition coefficient (Wildman–Crippen LogP) is 2.06. The summed E-state index contributed by atoms with van der Waals surface area (Å²) in [5.74, 6) is 1.77. The van der Waals surface area contributed by atoms with Gasteiger partial charge in [0.2, 0.25) is 5.91 Å². The number of nitrogens with zero attached hydrogens (tertiary/aromatic N) is 4. The Morgan fingerprint density at radius 3 is 2.28 bits per heavy atom. The van der Waals surface area contributed by atoms with E-state index in [2.05, 4.69) is 9.88 Å². The number of carbonyl (C=O) groups is 2. The molecule has 0 radical (unpaired) electrons. The summed E-state index contributed by atoms with van der Waals surface area (Å²) in [5, 5.41) is 0. The molecule has 2 saturated heterocycles. The zero-order chi connectivity index (χ0) is 22.3. The van der Waals surface area contributed by atoms with Crippen LogP contribution in [-0.4, -0.2) is 85.7 Å². The standard InChI is InChI=1S/C24H30N4O4/c1-31-18-23(29)27-12-9-21(10-13-27)32-20-7-5-19(6-8-20)24(30)28-16-14-26(15-17-28)22-4-2-3-11-25-22/h2-8,11,21H,9-10,12-18H2,1H3. The molecule has 0 unspecified atom stereocenters. The first-order valence-corrected chi connectivity index (χ1v) is 11.1. The van der Waals surface area contributed by atoms with Crippen LogP contribution in [0.25, 0.3) is 0 Å². The maximum atomic E-state index is 12.9. The Morgan fingerprint density at radius 2 is 1.66 bits per heavy atom. The van der Waals surface area contributed by atoms with Gasteiger partial charge in [-0.25, -0.2) is 4.98 Å². The van der Waals surface area contributed by atoms with Crippen molar-refractivity contribution in [2.45, 2.75) is 18.9 Å². The van der Waals surface area contributed by atoms with Gasteiger partial charge in [-0.2, -0.15) is 0 Å². The summed E-state index contributed by atoms with van der Waals surface area (Å²) in [4.78, 5) is 35.1. The lowest BCUT2D eigenvalue weighted by Gasteiger charge is -2.35. The van der Waals surface area contributed by atoms with Crippen LogP contribution in [-0.2, 0) is 9.53 Å². The SMILES string of the molecule is COCC(=O)N1CCC(Oc2ccc(C(=O)N3CCN(c4ccccn4)CC3)cc2)CC1. The highest BCUT2D eigenvalue weighted by molar-refractivity contribution is 5.94. The molecule has 1 aromatic heterocycles.